The van der Waals surface area contributed by atoms with E-state index >= 15 is 0 Å². The third kappa shape index (κ3) is 4.82. The first-order valence-corrected chi connectivity index (χ1v) is 10.6. The highest BCUT2D eigenvalue weighted by Gasteiger charge is 2.62. The van der Waals surface area contributed by atoms with Crippen LogP contribution in [0.4, 0.5) is 13.2 Å². The monoisotopic (exact) mass is 467 g/mol. The number of carbonyl (C=O) groups excluding carboxylic acids is 2. The molecular weight excluding hydrogens is 443 g/mol. The minimum atomic E-state index is -4.78. The van der Waals surface area contributed by atoms with Crippen LogP contribution in [0, 0.1) is 17.3 Å². The molecule has 2 amide bonds. The number of benzene rings is 1. The van der Waals surface area contributed by atoms with Gasteiger partial charge in [0.25, 0.3) is 0 Å². The van der Waals surface area contributed by atoms with Crippen LogP contribution in [0.1, 0.15) is 24.8 Å². The van der Waals surface area contributed by atoms with E-state index in [1.165, 1.54) is 23.1 Å². The Morgan fingerprint density at radius 1 is 1.24 bits per heavy atom. The second-order valence-corrected chi connectivity index (χ2v) is 8.87. The lowest BCUT2D eigenvalue weighted by molar-refractivity contribution is -0.274. The van der Waals surface area contributed by atoms with Crippen molar-refractivity contribution in [3.8, 4) is 5.75 Å². The van der Waals surface area contributed by atoms with E-state index in [9.17, 15) is 32.7 Å². The lowest BCUT2D eigenvalue weighted by atomic mass is 9.80. The Kier molecular flexibility index (Phi) is 5.85. The summed E-state index contributed by atoms with van der Waals surface area (Å²) in [4.78, 5) is 38.0. The van der Waals surface area contributed by atoms with Crippen molar-refractivity contribution >= 4 is 23.4 Å². The van der Waals surface area contributed by atoms with E-state index in [4.69, 9.17) is 5.73 Å². The van der Waals surface area contributed by atoms with Crippen LogP contribution in [-0.4, -0.2) is 59.8 Å². The molecule has 2 fully saturated rings. The molecule has 1 aliphatic carbocycles. The Morgan fingerprint density at radius 3 is 2.58 bits per heavy atom. The molecule has 178 valence electrons. The summed E-state index contributed by atoms with van der Waals surface area (Å²) in [5.74, 6) is -3.58. The number of hydrogen-bond donors (Lipinski definition) is 3. The maximum absolute atomic E-state index is 13.1. The van der Waals surface area contributed by atoms with Gasteiger partial charge in [-0.2, -0.15) is 0 Å². The van der Waals surface area contributed by atoms with Crippen LogP contribution in [0.2, 0.25) is 0 Å². The molecule has 11 heteroatoms. The molecule has 8 nitrogen and oxygen atoms in total. The highest BCUT2D eigenvalue weighted by atomic mass is 19.4. The number of rotatable bonds is 5. The summed E-state index contributed by atoms with van der Waals surface area (Å²) in [5.41, 5.74) is 6.22. The van der Waals surface area contributed by atoms with Crippen molar-refractivity contribution in [1.29, 1.82) is 0 Å². The maximum Gasteiger partial charge on any atom is 0.573 e. The highest BCUT2D eigenvalue weighted by molar-refractivity contribution is 5.89. The van der Waals surface area contributed by atoms with Gasteiger partial charge in [-0.1, -0.05) is 18.2 Å². The van der Waals surface area contributed by atoms with Gasteiger partial charge in [-0.25, -0.2) is 0 Å². The van der Waals surface area contributed by atoms with Crippen LogP contribution in [0.25, 0.3) is 5.57 Å². The molecule has 4 N–H and O–H groups in total. The van der Waals surface area contributed by atoms with Gasteiger partial charge >= 0.3 is 12.3 Å². The standard InChI is InChI=1S/C22H24F3N3O5/c23-22(24,25)33-14-3-1-2-13(8-14)12-4-6-28(7-5-12)19(30)17-15(20(31)32)9-21(11-27-17)10-16(21)18(26)29/h1-4,8,15-17,27H,5-7,9-11H2,(H2,26,29)(H,31,32). The molecule has 2 aliphatic heterocycles. The quantitative estimate of drug-likeness (QED) is 0.607. The SMILES string of the molecule is NC(=O)C1CC12CNC(C(=O)N1CC=C(c3cccc(OC(F)(F)F)c3)CC1)C(C(=O)O)C2. The van der Waals surface area contributed by atoms with Gasteiger partial charge in [0.15, 0.2) is 0 Å². The molecule has 1 spiro atoms. The number of ether oxygens (including phenoxy) is 1. The zero-order valence-electron chi connectivity index (χ0n) is 17.6. The average Bonchev–Trinajstić information content (AvgIpc) is 3.46. The van der Waals surface area contributed by atoms with Crippen molar-refractivity contribution in [2.24, 2.45) is 23.0 Å². The number of halogens is 3. The molecule has 0 bridgehead atoms. The summed E-state index contributed by atoms with van der Waals surface area (Å²) in [7, 11) is 0. The van der Waals surface area contributed by atoms with E-state index in [1.54, 1.807) is 12.1 Å². The first-order chi connectivity index (χ1) is 15.5. The Labute approximate surface area is 187 Å². The fraction of sp³-hybridized carbons (Fsp3) is 0.500. The van der Waals surface area contributed by atoms with Crippen molar-refractivity contribution in [3.05, 3.63) is 35.9 Å². The number of amides is 2. The second kappa shape index (κ2) is 8.36. The number of piperidine rings is 1. The second-order valence-electron chi connectivity index (χ2n) is 8.87. The Hall–Kier alpha value is -3.08. The molecule has 4 atom stereocenters. The van der Waals surface area contributed by atoms with Crippen molar-refractivity contribution < 1.29 is 37.4 Å². The smallest absolute Gasteiger partial charge is 0.481 e. The summed E-state index contributed by atoms with van der Waals surface area (Å²) in [6.07, 6.45) is -1.91. The van der Waals surface area contributed by atoms with Gasteiger partial charge in [0.05, 0.1) is 5.92 Å². The fourth-order valence-electron chi connectivity index (χ4n) is 4.96. The predicted molar refractivity (Wildman–Crippen MR) is 110 cm³/mol. The highest BCUT2D eigenvalue weighted by Crippen LogP contribution is 2.58. The number of nitrogens with zero attached hydrogens (tertiary/aromatic N) is 1. The predicted octanol–water partition coefficient (Wildman–Crippen LogP) is 1.76. The van der Waals surface area contributed by atoms with Crippen LogP contribution in [-0.2, 0) is 14.4 Å². The van der Waals surface area contributed by atoms with E-state index in [0.717, 1.165) is 5.57 Å². The number of carbonyl (C=O) groups is 3. The van der Waals surface area contributed by atoms with E-state index in [1.807, 2.05) is 0 Å². The van der Waals surface area contributed by atoms with Gasteiger partial charge in [0.1, 0.15) is 11.8 Å². The summed E-state index contributed by atoms with van der Waals surface area (Å²) in [6, 6.07) is 4.72. The third-order valence-electron chi connectivity index (χ3n) is 6.78. The van der Waals surface area contributed by atoms with Crippen LogP contribution < -0.4 is 15.8 Å². The van der Waals surface area contributed by atoms with Gasteiger partial charge in [0, 0.05) is 25.6 Å². The number of carboxylic acid groups (broad SMARTS) is 1. The van der Waals surface area contributed by atoms with Crippen molar-refractivity contribution in [1.82, 2.24) is 10.2 Å². The number of aliphatic carboxylic acids is 1. The fourth-order valence-corrected chi connectivity index (χ4v) is 4.96. The van der Waals surface area contributed by atoms with Gasteiger partial charge in [0.2, 0.25) is 11.8 Å². The summed E-state index contributed by atoms with van der Waals surface area (Å²) in [5, 5.41) is 12.7. The molecule has 0 radical (unpaired) electrons. The molecule has 3 aliphatic rings. The molecule has 0 aromatic heterocycles. The van der Waals surface area contributed by atoms with Crippen molar-refractivity contribution in [2.45, 2.75) is 31.7 Å². The topological polar surface area (TPSA) is 122 Å². The van der Waals surface area contributed by atoms with Crippen molar-refractivity contribution in [3.63, 3.8) is 0 Å². The third-order valence-corrected chi connectivity index (χ3v) is 6.78. The zero-order valence-corrected chi connectivity index (χ0v) is 17.6. The molecule has 1 saturated carbocycles. The van der Waals surface area contributed by atoms with E-state index in [0.29, 0.717) is 31.5 Å². The van der Waals surface area contributed by atoms with Gasteiger partial charge in [-0.3, -0.25) is 14.4 Å². The molecule has 4 unspecified atom stereocenters. The number of hydrogen-bond acceptors (Lipinski definition) is 5. The Bertz CT molecular complexity index is 1010. The minimum absolute atomic E-state index is 0.206. The largest absolute Gasteiger partial charge is 0.573 e. The number of alkyl halides is 3. The van der Waals surface area contributed by atoms with Gasteiger partial charge < -0.3 is 25.8 Å². The Balaban J connectivity index is 1.42. The molecule has 4 rings (SSSR count). The number of nitrogens with one attached hydrogen (secondary N) is 1. The van der Waals surface area contributed by atoms with Crippen LogP contribution in [0.3, 0.4) is 0 Å². The van der Waals surface area contributed by atoms with Crippen molar-refractivity contribution in [2.75, 3.05) is 19.6 Å². The van der Waals surface area contributed by atoms with E-state index in [2.05, 4.69) is 10.1 Å². The summed E-state index contributed by atoms with van der Waals surface area (Å²) >= 11 is 0. The summed E-state index contributed by atoms with van der Waals surface area (Å²) < 4.78 is 41.4. The molecule has 2 heterocycles. The van der Waals surface area contributed by atoms with Crippen LogP contribution >= 0.6 is 0 Å². The summed E-state index contributed by atoms with van der Waals surface area (Å²) in [6.45, 7) is 0.856. The van der Waals surface area contributed by atoms with Crippen LogP contribution in [0.15, 0.2) is 30.3 Å². The van der Waals surface area contributed by atoms with Gasteiger partial charge in [-0.15, -0.1) is 13.2 Å². The number of primary amides is 1. The van der Waals surface area contributed by atoms with Crippen LogP contribution in [0.5, 0.6) is 5.75 Å². The molecule has 1 saturated heterocycles. The first kappa shape index (κ1) is 23.1. The molecule has 1 aromatic carbocycles. The lowest BCUT2D eigenvalue weighted by Gasteiger charge is -2.38. The number of carboxylic acids is 1. The molecular formula is C22H24F3N3O5. The average molecular weight is 467 g/mol. The molecule has 33 heavy (non-hydrogen) atoms. The maximum atomic E-state index is 13.1. The van der Waals surface area contributed by atoms with Gasteiger partial charge in [-0.05, 0) is 47.9 Å². The minimum Gasteiger partial charge on any atom is -0.481 e. The van der Waals surface area contributed by atoms with E-state index < -0.39 is 35.6 Å². The normalized spacial score (nSPS) is 29.4. The molecule has 1 aromatic rings. The zero-order chi connectivity index (χ0) is 24.0. The lowest BCUT2D eigenvalue weighted by Crippen LogP contribution is -2.58. The Morgan fingerprint density at radius 2 is 2.00 bits per heavy atom. The van der Waals surface area contributed by atoms with E-state index in [-0.39, 0.29) is 30.5 Å². The number of nitrogens with two attached hydrogens (primary N) is 1. The first-order valence-electron chi connectivity index (χ1n) is 10.6.